The van der Waals surface area contributed by atoms with Crippen LogP contribution in [0.2, 0.25) is 0 Å². The summed E-state index contributed by atoms with van der Waals surface area (Å²) in [6.07, 6.45) is 1.77. The molecule has 1 aromatic carbocycles. The molecule has 2 rings (SSSR count). The Morgan fingerprint density at radius 2 is 2.12 bits per heavy atom. The van der Waals surface area contributed by atoms with Crippen LogP contribution in [0, 0.1) is 6.92 Å². The first kappa shape index (κ1) is 11.7. The SMILES string of the molecule is Cc1c(CCCO)c2cc(Br)ccc2n1C. The van der Waals surface area contributed by atoms with Crippen molar-refractivity contribution in [1.82, 2.24) is 4.57 Å². The first-order valence-corrected chi connectivity index (χ1v) is 6.28. The number of aliphatic hydroxyl groups is 1. The molecule has 0 spiro atoms. The van der Waals surface area contributed by atoms with E-state index in [1.807, 2.05) is 0 Å². The van der Waals surface area contributed by atoms with Gasteiger partial charge in [-0.15, -0.1) is 0 Å². The third-order valence-electron chi connectivity index (χ3n) is 3.17. The molecule has 0 fully saturated rings. The Labute approximate surface area is 104 Å². The molecule has 0 aliphatic rings. The molecular formula is C13H16BrNO. The maximum absolute atomic E-state index is 8.94. The number of aliphatic hydroxyl groups excluding tert-OH is 1. The molecule has 2 aromatic rings. The van der Waals surface area contributed by atoms with Gasteiger partial charge in [0.2, 0.25) is 0 Å². The molecule has 0 unspecified atom stereocenters. The Bertz CT molecular complexity index is 516. The van der Waals surface area contributed by atoms with Gasteiger partial charge in [-0.1, -0.05) is 15.9 Å². The summed E-state index contributed by atoms with van der Waals surface area (Å²) in [5, 5.41) is 10.2. The summed E-state index contributed by atoms with van der Waals surface area (Å²) in [5.74, 6) is 0. The van der Waals surface area contributed by atoms with Gasteiger partial charge in [-0.05, 0) is 43.5 Å². The molecule has 1 heterocycles. The fourth-order valence-corrected chi connectivity index (χ4v) is 2.55. The summed E-state index contributed by atoms with van der Waals surface area (Å²) >= 11 is 3.51. The van der Waals surface area contributed by atoms with Gasteiger partial charge in [-0.3, -0.25) is 0 Å². The highest BCUT2D eigenvalue weighted by Gasteiger charge is 2.11. The zero-order valence-electron chi connectivity index (χ0n) is 9.63. The molecular weight excluding hydrogens is 266 g/mol. The van der Waals surface area contributed by atoms with E-state index < -0.39 is 0 Å². The van der Waals surface area contributed by atoms with E-state index >= 15 is 0 Å². The van der Waals surface area contributed by atoms with Gasteiger partial charge in [0.25, 0.3) is 0 Å². The summed E-state index contributed by atoms with van der Waals surface area (Å²) in [6.45, 7) is 2.39. The minimum absolute atomic E-state index is 0.254. The molecule has 86 valence electrons. The lowest BCUT2D eigenvalue weighted by atomic mass is 10.1. The van der Waals surface area contributed by atoms with Gasteiger partial charge in [-0.2, -0.15) is 0 Å². The lowest BCUT2D eigenvalue weighted by Crippen LogP contribution is -1.94. The van der Waals surface area contributed by atoms with Crippen molar-refractivity contribution in [1.29, 1.82) is 0 Å². The molecule has 0 radical (unpaired) electrons. The summed E-state index contributed by atoms with van der Waals surface area (Å²) in [4.78, 5) is 0. The van der Waals surface area contributed by atoms with Crippen molar-refractivity contribution < 1.29 is 5.11 Å². The fourth-order valence-electron chi connectivity index (χ4n) is 2.19. The van der Waals surface area contributed by atoms with Crippen LogP contribution in [0.25, 0.3) is 10.9 Å². The second kappa shape index (κ2) is 4.60. The molecule has 2 nitrogen and oxygen atoms in total. The van der Waals surface area contributed by atoms with Crippen molar-refractivity contribution in [3.63, 3.8) is 0 Å². The maximum Gasteiger partial charge on any atom is 0.0483 e. The molecule has 0 saturated carbocycles. The van der Waals surface area contributed by atoms with Crippen LogP contribution >= 0.6 is 15.9 Å². The normalized spacial score (nSPS) is 11.2. The van der Waals surface area contributed by atoms with E-state index in [4.69, 9.17) is 5.11 Å². The van der Waals surface area contributed by atoms with E-state index in [1.54, 1.807) is 0 Å². The van der Waals surface area contributed by atoms with Crippen LogP contribution in [0.5, 0.6) is 0 Å². The lowest BCUT2D eigenvalue weighted by molar-refractivity contribution is 0.288. The first-order chi connectivity index (χ1) is 7.65. The minimum atomic E-state index is 0.254. The van der Waals surface area contributed by atoms with Gasteiger partial charge in [0.15, 0.2) is 0 Å². The Kier molecular flexibility index (Phi) is 3.36. The predicted octanol–water partition coefficient (Wildman–Crippen LogP) is 3.17. The number of aryl methyl sites for hydroxylation is 2. The number of rotatable bonds is 3. The van der Waals surface area contributed by atoms with Crippen LogP contribution in [0.4, 0.5) is 0 Å². The van der Waals surface area contributed by atoms with Crippen LogP contribution in [0.3, 0.4) is 0 Å². The highest BCUT2D eigenvalue weighted by molar-refractivity contribution is 9.10. The van der Waals surface area contributed by atoms with Crippen molar-refractivity contribution in [2.24, 2.45) is 7.05 Å². The Hall–Kier alpha value is -0.800. The second-order valence-corrected chi connectivity index (χ2v) is 5.03. The van der Waals surface area contributed by atoms with E-state index in [9.17, 15) is 0 Å². The first-order valence-electron chi connectivity index (χ1n) is 5.49. The van der Waals surface area contributed by atoms with Crippen LogP contribution in [0.15, 0.2) is 22.7 Å². The molecule has 0 amide bonds. The molecule has 0 aliphatic heterocycles. The highest BCUT2D eigenvalue weighted by atomic mass is 79.9. The molecule has 16 heavy (non-hydrogen) atoms. The quantitative estimate of drug-likeness (QED) is 0.919. The maximum atomic E-state index is 8.94. The third kappa shape index (κ3) is 1.89. The lowest BCUT2D eigenvalue weighted by Gasteiger charge is -2.00. The van der Waals surface area contributed by atoms with Crippen LogP contribution < -0.4 is 0 Å². The second-order valence-electron chi connectivity index (χ2n) is 4.11. The van der Waals surface area contributed by atoms with E-state index in [0.717, 1.165) is 17.3 Å². The van der Waals surface area contributed by atoms with Crippen molar-refractivity contribution in [2.75, 3.05) is 6.61 Å². The molecule has 0 atom stereocenters. The number of halogens is 1. The summed E-state index contributed by atoms with van der Waals surface area (Å²) in [7, 11) is 2.09. The molecule has 0 bridgehead atoms. The van der Waals surface area contributed by atoms with Gasteiger partial charge < -0.3 is 9.67 Å². The Morgan fingerprint density at radius 3 is 2.81 bits per heavy atom. The van der Waals surface area contributed by atoms with Crippen molar-refractivity contribution in [3.05, 3.63) is 33.9 Å². The molecule has 1 aromatic heterocycles. The predicted molar refractivity (Wildman–Crippen MR) is 70.8 cm³/mol. The molecule has 3 heteroatoms. The number of fused-ring (bicyclic) bond motifs is 1. The number of hydrogen-bond donors (Lipinski definition) is 1. The van der Waals surface area contributed by atoms with Crippen molar-refractivity contribution in [2.45, 2.75) is 19.8 Å². The van der Waals surface area contributed by atoms with E-state index in [0.29, 0.717) is 0 Å². The van der Waals surface area contributed by atoms with E-state index in [1.165, 1.54) is 22.2 Å². The zero-order chi connectivity index (χ0) is 11.7. The number of aromatic nitrogens is 1. The van der Waals surface area contributed by atoms with Gasteiger partial charge in [0.1, 0.15) is 0 Å². The third-order valence-corrected chi connectivity index (χ3v) is 3.66. The number of hydrogen-bond acceptors (Lipinski definition) is 1. The summed E-state index contributed by atoms with van der Waals surface area (Å²) in [5.41, 5.74) is 3.91. The van der Waals surface area contributed by atoms with Crippen LogP contribution in [-0.2, 0) is 13.5 Å². The Morgan fingerprint density at radius 1 is 1.38 bits per heavy atom. The standard InChI is InChI=1S/C13H16BrNO/c1-9-11(4-3-7-16)12-8-10(14)5-6-13(12)15(9)2/h5-6,8,16H,3-4,7H2,1-2H3. The topological polar surface area (TPSA) is 25.2 Å². The monoisotopic (exact) mass is 281 g/mol. The van der Waals surface area contributed by atoms with E-state index in [-0.39, 0.29) is 6.61 Å². The van der Waals surface area contributed by atoms with Crippen molar-refractivity contribution >= 4 is 26.8 Å². The molecule has 1 N–H and O–H groups in total. The largest absolute Gasteiger partial charge is 0.396 e. The Balaban J connectivity index is 2.61. The fraction of sp³-hybridized carbons (Fsp3) is 0.385. The van der Waals surface area contributed by atoms with Gasteiger partial charge in [0.05, 0.1) is 0 Å². The highest BCUT2D eigenvalue weighted by Crippen LogP contribution is 2.28. The average Bonchev–Trinajstić information content (AvgIpc) is 2.50. The van der Waals surface area contributed by atoms with Gasteiger partial charge >= 0.3 is 0 Å². The average molecular weight is 282 g/mol. The summed E-state index contributed by atoms with van der Waals surface area (Å²) in [6, 6.07) is 6.36. The molecule has 0 aliphatic carbocycles. The zero-order valence-corrected chi connectivity index (χ0v) is 11.2. The summed E-state index contributed by atoms with van der Waals surface area (Å²) < 4.78 is 3.32. The van der Waals surface area contributed by atoms with Crippen LogP contribution in [0.1, 0.15) is 17.7 Å². The van der Waals surface area contributed by atoms with Crippen LogP contribution in [-0.4, -0.2) is 16.3 Å². The molecule has 0 saturated heterocycles. The number of benzene rings is 1. The smallest absolute Gasteiger partial charge is 0.0483 e. The number of nitrogens with zero attached hydrogens (tertiary/aromatic N) is 1. The van der Waals surface area contributed by atoms with E-state index in [2.05, 4.69) is 52.7 Å². The van der Waals surface area contributed by atoms with Gasteiger partial charge in [0, 0.05) is 34.7 Å². The van der Waals surface area contributed by atoms with Crippen molar-refractivity contribution in [3.8, 4) is 0 Å². The minimum Gasteiger partial charge on any atom is -0.396 e. The van der Waals surface area contributed by atoms with Gasteiger partial charge in [-0.25, -0.2) is 0 Å².